The van der Waals surface area contributed by atoms with Gasteiger partial charge in [0.25, 0.3) is 5.91 Å². The minimum absolute atomic E-state index is 0.0698. The molecule has 0 saturated carbocycles. The molecular formula is C20H26N6OS. The third-order valence-electron chi connectivity index (χ3n) is 5.25. The van der Waals surface area contributed by atoms with Crippen molar-refractivity contribution in [3.8, 4) is 0 Å². The second kappa shape index (κ2) is 7.16. The van der Waals surface area contributed by atoms with Gasteiger partial charge in [-0.25, -0.2) is 9.97 Å². The van der Waals surface area contributed by atoms with Gasteiger partial charge in [0, 0.05) is 44.3 Å². The van der Waals surface area contributed by atoms with Crippen LogP contribution in [0, 0.1) is 13.8 Å². The Hall–Kier alpha value is -2.48. The number of carbonyl (C=O) groups excluding carboxylic acids is 1. The van der Waals surface area contributed by atoms with Crippen LogP contribution in [0.2, 0.25) is 0 Å². The lowest BCUT2D eigenvalue weighted by Crippen LogP contribution is -2.48. The van der Waals surface area contributed by atoms with Crippen molar-refractivity contribution in [1.82, 2.24) is 24.6 Å². The van der Waals surface area contributed by atoms with E-state index in [1.165, 1.54) is 0 Å². The Morgan fingerprint density at radius 3 is 2.46 bits per heavy atom. The molecule has 1 fully saturated rings. The van der Waals surface area contributed by atoms with E-state index >= 15 is 0 Å². The van der Waals surface area contributed by atoms with E-state index in [1.807, 2.05) is 31.9 Å². The topological polar surface area (TPSA) is 67.2 Å². The van der Waals surface area contributed by atoms with Gasteiger partial charge < -0.3 is 9.80 Å². The van der Waals surface area contributed by atoms with E-state index in [2.05, 4.69) is 34.2 Å². The molecule has 0 bridgehead atoms. The summed E-state index contributed by atoms with van der Waals surface area (Å²) in [6.07, 6.45) is 0. The second-order valence-electron chi connectivity index (χ2n) is 7.71. The summed E-state index contributed by atoms with van der Waals surface area (Å²) in [6, 6.07) is 1.96. The molecule has 0 radical (unpaired) electrons. The van der Waals surface area contributed by atoms with Crippen molar-refractivity contribution in [2.45, 2.75) is 33.6 Å². The molecular weight excluding hydrogens is 372 g/mol. The highest BCUT2D eigenvalue weighted by atomic mass is 32.1. The van der Waals surface area contributed by atoms with Gasteiger partial charge in [-0.1, -0.05) is 13.8 Å². The van der Waals surface area contributed by atoms with E-state index in [1.54, 1.807) is 16.0 Å². The highest BCUT2D eigenvalue weighted by Gasteiger charge is 2.27. The van der Waals surface area contributed by atoms with Crippen LogP contribution in [0.5, 0.6) is 0 Å². The van der Waals surface area contributed by atoms with Gasteiger partial charge in [-0.15, -0.1) is 11.3 Å². The Kier molecular flexibility index (Phi) is 4.82. The lowest BCUT2D eigenvalue weighted by atomic mass is 10.0. The monoisotopic (exact) mass is 398 g/mol. The fraction of sp³-hybridized carbons (Fsp3) is 0.500. The van der Waals surface area contributed by atoms with Gasteiger partial charge in [0.05, 0.1) is 22.3 Å². The molecule has 0 aliphatic carbocycles. The Morgan fingerprint density at radius 2 is 1.86 bits per heavy atom. The zero-order valence-electron chi connectivity index (χ0n) is 17.1. The molecule has 8 heteroatoms. The van der Waals surface area contributed by atoms with E-state index in [9.17, 15) is 4.79 Å². The van der Waals surface area contributed by atoms with Crippen LogP contribution in [0.25, 0.3) is 11.0 Å². The first kappa shape index (κ1) is 18.9. The summed E-state index contributed by atoms with van der Waals surface area (Å²) in [5.74, 6) is 0.316. The standard InChI is InChI=1S/C20H26N6OS/c1-12(2)16-10-15(17-14(4)23-24(5)18(17)22-16)19(27)25-6-8-26(9-7-25)20-21-13(3)11-28-20/h10-12H,6-9H2,1-5H3. The van der Waals surface area contributed by atoms with Crippen molar-refractivity contribution in [1.29, 1.82) is 0 Å². The molecule has 1 amide bonds. The number of fused-ring (bicyclic) bond motifs is 1. The van der Waals surface area contributed by atoms with Gasteiger partial charge >= 0.3 is 0 Å². The molecule has 7 nitrogen and oxygen atoms in total. The molecule has 4 heterocycles. The zero-order valence-corrected chi connectivity index (χ0v) is 17.9. The van der Waals surface area contributed by atoms with Gasteiger partial charge in [-0.05, 0) is 25.8 Å². The number of hydrogen-bond acceptors (Lipinski definition) is 6. The Balaban J connectivity index is 1.62. The van der Waals surface area contributed by atoms with Crippen molar-refractivity contribution >= 4 is 33.4 Å². The summed E-state index contributed by atoms with van der Waals surface area (Å²) >= 11 is 1.67. The van der Waals surface area contributed by atoms with E-state index in [0.29, 0.717) is 13.1 Å². The molecule has 148 valence electrons. The minimum Gasteiger partial charge on any atom is -0.345 e. The predicted octanol–water partition coefficient (Wildman–Crippen LogP) is 3.13. The number of rotatable bonds is 3. The van der Waals surface area contributed by atoms with E-state index < -0.39 is 0 Å². The van der Waals surface area contributed by atoms with Crippen molar-refractivity contribution in [3.63, 3.8) is 0 Å². The maximum atomic E-state index is 13.4. The summed E-state index contributed by atoms with van der Waals surface area (Å²) in [4.78, 5) is 27.0. The number of amides is 1. The molecule has 28 heavy (non-hydrogen) atoms. The minimum atomic E-state index is 0.0698. The summed E-state index contributed by atoms with van der Waals surface area (Å²) < 4.78 is 1.77. The van der Waals surface area contributed by atoms with Crippen molar-refractivity contribution < 1.29 is 4.79 Å². The van der Waals surface area contributed by atoms with Gasteiger partial charge in [-0.2, -0.15) is 5.10 Å². The molecule has 0 N–H and O–H groups in total. The summed E-state index contributed by atoms with van der Waals surface area (Å²) in [7, 11) is 1.88. The van der Waals surface area contributed by atoms with Crippen LogP contribution < -0.4 is 4.90 Å². The van der Waals surface area contributed by atoms with Crippen molar-refractivity contribution in [2.24, 2.45) is 7.05 Å². The second-order valence-corrected chi connectivity index (χ2v) is 8.54. The number of carbonyl (C=O) groups is 1. The number of piperazine rings is 1. The SMILES string of the molecule is Cc1csc(N2CCN(C(=O)c3cc(C(C)C)nc4c3c(C)nn4C)CC2)n1. The molecule has 3 aromatic rings. The molecule has 0 atom stereocenters. The summed E-state index contributed by atoms with van der Waals surface area (Å²) in [5, 5.41) is 8.48. The first-order chi connectivity index (χ1) is 13.3. The normalized spacial score (nSPS) is 15.1. The maximum absolute atomic E-state index is 13.4. The quantitative estimate of drug-likeness (QED) is 0.678. The number of pyridine rings is 1. The number of anilines is 1. The molecule has 1 aliphatic rings. The largest absolute Gasteiger partial charge is 0.345 e. The fourth-order valence-corrected chi connectivity index (χ4v) is 4.54. The van der Waals surface area contributed by atoms with Crippen LogP contribution in [0.15, 0.2) is 11.4 Å². The molecule has 0 aromatic carbocycles. The molecule has 0 spiro atoms. The van der Waals surface area contributed by atoms with E-state index in [-0.39, 0.29) is 11.8 Å². The van der Waals surface area contributed by atoms with Crippen LogP contribution in [0.1, 0.15) is 47.2 Å². The lowest BCUT2D eigenvalue weighted by Gasteiger charge is -2.34. The first-order valence-corrected chi connectivity index (χ1v) is 10.5. The van der Waals surface area contributed by atoms with Crippen LogP contribution in [-0.2, 0) is 7.05 Å². The van der Waals surface area contributed by atoms with Gasteiger partial charge in [0.1, 0.15) is 0 Å². The summed E-state index contributed by atoms with van der Waals surface area (Å²) in [6.45, 7) is 11.1. The Bertz CT molecular complexity index is 1030. The van der Waals surface area contributed by atoms with E-state index in [4.69, 9.17) is 4.98 Å². The van der Waals surface area contributed by atoms with Crippen molar-refractivity contribution in [2.75, 3.05) is 31.1 Å². The predicted molar refractivity (Wildman–Crippen MR) is 112 cm³/mol. The first-order valence-electron chi connectivity index (χ1n) is 9.65. The van der Waals surface area contributed by atoms with Crippen LogP contribution in [0.3, 0.4) is 0 Å². The average molecular weight is 399 g/mol. The molecule has 1 aliphatic heterocycles. The Labute approximate surface area is 169 Å². The highest BCUT2D eigenvalue weighted by Crippen LogP contribution is 2.27. The third kappa shape index (κ3) is 3.26. The zero-order chi connectivity index (χ0) is 20.0. The van der Waals surface area contributed by atoms with Crippen LogP contribution in [-0.4, -0.2) is 56.7 Å². The van der Waals surface area contributed by atoms with Gasteiger partial charge in [0.2, 0.25) is 0 Å². The summed E-state index contributed by atoms with van der Waals surface area (Å²) in [5.41, 5.74) is 4.32. The van der Waals surface area contributed by atoms with Crippen molar-refractivity contribution in [3.05, 3.63) is 34.1 Å². The lowest BCUT2D eigenvalue weighted by molar-refractivity contribution is 0.0748. The molecule has 1 saturated heterocycles. The number of aromatic nitrogens is 4. The van der Waals surface area contributed by atoms with Gasteiger partial charge in [-0.3, -0.25) is 9.48 Å². The average Bonchev–Trinajstić information content (AvgIpc) is 3.24. The maximum Gasteiger partial charge on any atom is 0.254 e. The van der Waals surface area contributed by atoms with E-state index in [0.717, 1.165) is 51.9 Å². The van der Waals surface area contributed by atoms with Crippen LogP contribution >= 0.6 is 11.3 Å². The van der Waals surface area contributed by atoms with Crippen LogP contribution in [0.4, 0.5) is 5.13 Å². The Morgan fingerprint density at radius 1 is 1.14 bits per heavy atom. The third-order valence-corrected chi connectivity index (χ3v) is 6.27. The van der Waals surface area contributed by atoms with Gasteiger partial charge in [0.15, 0.2) is 10.8 Å². The number of aryl methyl sites for hydroxylation is 3. The molecule has 3 aromatic heterocycles. The molecule has 0 unspecified atom stereocenters. The fourth-order valence-electron chi connectivity index (χ4n) is 3.69. The number of hydrogen-bond donors (Lipinski definition) is 0. The number of nitrogens with zero attached hydrogens (tertiary/aromatic N) is 6. The highest BCUT2D eigenvalue weighted by molar-refractivity contribution is 7.13. The molecule has 4 rings (SSSR count). The number of thiazole rings is 1. The smallest absolute Gasteiger partial charge is 0.254 e.